The van der Waals surface area contributed by atoms with Gasteiger partial charge in [-0.25, -0.2) is 4.79 Å². The summed E-state index contributed by atoms with van der Waals surface area (Å²) < 4.78 is 26.6. The summed E-state index contributed by atoms with van der Waals surface area (Å²) in [5.74, 6) is 0. The first-order valence-corrected chi connectivity index (χ1v) is 10.1. The summed E-state index contributed by atoms with van der Waals surface area (Å²) in [6.07, 6.45) is -0.875. The Hall–Kier alpha value is -0.970. The molecule has 0 rings (SSSR count). The maximum Gasteiger partial charge on any atom is 0.508 e. The zero-order valence-corrected chi connectivity index (χ0v) is 18.5. The van der Waals surface area contributed by atoms with E-state index in [1.165, 1.54) is 7.11 Å². The van der Waals surface area contributed by atoms with Gasteiger partial charge >= 0.3 is 6.16 Å². The summed E-state index contributed by atoms with van der Waals surface area (Å²) in [4.78, 5) is 11.2. The average Bonchev–Trinajstić information content (AvgIpc) is 2.60. The quantitative estimate of drug-likeness (QED) is 0.298. The van der Waals surface area contributed by atoms with Crippen LogP contribution in [0.2, 0.25) is 0 Å². The zero-order valence-electron chi connectivity index (χ0n) is 18.5. The first-order valence-electron chi connectivity index (χ1n) is 10.1. The largest absolute Gasteiger partial charge is 0.508 e. The van der Waals surface area contributed by atoms with Crippen LogP contribution in [0.15, 0.2) is 0 Å². The average molecular weight is 425 g/mol. The third kappa shape index (κ3) is 15.5. The van der Waals surface area contributed by atoms with Crippen molar-refractivity contribution < 1.29 is 43.8 Å². The van der Waals surface area contributed by atoms with Crippen LogP contribution < -0.4 is 0 Å². The van der Waals surface area contributed by atoms with E-state index in [1.54, 1.807) is 27.7 Å². The second-order valence-electron chi connectivity index (χ2n) is 7.87. The van der Waals surface area contributed by atoms with Gasteiger partial charge in [0.25, 0.3) is 0 Å². The molecular formula is C20H40O9. The molecule has 3 N–H and O–H groups in total. The van der Waals surface area contributed by atoms with Gasteiger partial charge in [0.15, 0.2) is 0 Å². The van der Waals surface area contributed by atoms with Crippen LogP contribution in [-0.2, 0) is 23.7 Å². The molecule has 0 aromatic carbocycles. The third-order valence-corrected chi connectivity index (χ3v) is 4.09. The van der Waals surface area contributed by atoms with E-state index in [-0.39, 0.29) is 39.6 Å². The SMILES string of the molecule is COC(=O)OC(C)COCC(CCCC(C)O)(COCC(C)O)COCC(C)O. The van der Waals surface area contributed by atoms with Crippen molar-refractivity contribution in [2.45, 2.75) is 71.4 Å². The first-order chi connectivity index (χ1) is 13.6. The molecule has 174 valence electrons. The minimum atomic E-state index is -0.773. The van der Waals surface area contributed by atoms with Gasteiger partial charge in [-0.15, -0.1) is 0 Å². The summed E-state index contributed by atoms with van der Waals surface area (Å²) in [6, 6.07) is 0. The van der Waals surface area contributed by atoms with Crippen LogP contribution in [0.5, 0.6) is 0 Å². The molecule has 4 atom stereocenters. The fourth-order valence-corrected chi connectivity index (χ4v) is 2.69. The lowest BCUT2D eigenvalue weighted by atomic mass is 9.84. The summed E-state index contributed by atoms with van der Waals surface area (Å²) in [5, 5.41) is 28.6. The Morgan fingerprint density at radius 1 is 0.828 bits per heavy atom. The monoisotopic (exact) mass is 424 g/mol. The molecule has 0 saturated carbocycles. The Balaban J connectivity index is 4.98. The summed E-state index contributed by atoms with van der Waals surface area (Å²) in [6.45, 7) is 8.06. The van der Waals surface area contributed by atoms with Crippen molar-refractivity contribution in [1.29, 1.82) is 0 Å². The standard InChI is InChI=1S/C20H40O9/c1-15(21)7-6-8-20(12-26-9-16(2)22,13-27-10-17(3)23)14-28-11-18(4)29-19(24)25-5/h15-18,21-23H,6-14H2,1-5H3. The number of carbonyl (C=O) groups excluding carboxylic acids is 1. The summed E-state index contributed by atoms with van der Waals surface area (Å²) in [5.41, 5.74) is -0.538. The molecule has 0 spiro atoms. The lowest BCUT2D eigenvalue weighted by Gasteiger charge is -2.34. The van der Waals surface area contributed by atoms with E-state index in [9.17, 15) is 20.1 Å². The molecule has 0 aromatic heterocycles. The van der Waals surface area contributed by atoms with Gasteiger partial charge in [0.2, 0.25) is 0 Å². The second-order valence-corrected chi connectivity index (χ2v) is 7.87. The predicted molar refractivity (Wildman–Crippen MR) is 107 cm³/mol. The van der Waals surface area contributed by atoms with Gasteiger partial charge < -0.3 is 39.0 Å². The van der Waals surface area contributed by atoms with Gasteiger partial charge in [-0.3, -0.25) is 0 Å². The van der Waals surface area contributed by atoms with Crippen LogP contribution in [0, 0.1) is 5.41 Å². The molecule has 29 heavy (non-hydrogen) atoms. The normalized spacial score (nSPS) is 17.8. The molecule has 0 radical (unpaired) electrons. The smallest absolute Gasteiger partial charge is 0.438 e. The maximum absolute atomic E-state index is 11.2. The van der Waals surface area contributed by atoms with Gasteiger partial charge in [-0.05, 0) is 40.5 Å². The molecule has 9 heteroatoms. The zero-order chi connectivity index (χ0) is 22.3. The fourth-order valence-electron chi connectivity index (χ4n) is 2.69. The van der Waals surface area contributed by atoms with Gasteiger partial charge in [0.05, 0.1) is 65.1 Å². The number of aliphatic hydroxyl groups is 3. The van der Waals surface area contributed by atoms with Crippen LogP contribution in [0.25, 0.3) is 0 Å². The summed E-state index contributed by atoms with van der Waals surface area (Å²) in [7, 11) is 1.24. The number of ether oxygens (including phenoxy) is 5. The number of aliphatic hydroxyl groups excluding tert-OH is 3. The van der Waals surface area contributed by atoms with E-state index in [1.807, 2.05) is 0 Å². The van der Waals surface area contributed by atoms with Crippen LogP contribution in [0.1, 0.15) is 47.0 Å². The van der Waals surface area contributed by atoms with E-state index in [2.05, 4.69) is 4.74 Å². The Bertz CT molecular complexity index is 377. The molecule has 0 aliphatic heterocycles. The Morgan fingerprint density at radius 2 is 1.31 bits per heavy atom. The topological polar surface area (TPSA) is 124 Å². The molecule has 0 bridgehead atoms. The summed E-state index contributed by atoms with van der Waals surface area (Å²) >= 11 is 0. The molecule has 0 amide bonds. The highest BCUT2D eigenvalue weighted by Crippen LogP contribution is 2.28. The molecule has 0 aliphatic carbocycles. The van der Waals surface area contributed by atoms with Crippen molar-refractivity contribution in [3.63, 3.8) is 0 Å². The van der Waals surface area contributed by atoms with Crippen molar-refractivity contribution in [2.24, 2.45) is 5.41 Å². The Morgan fingerprint density at radius 3 is 1.72 bits per heavy atom. The van der Waals surface area contributed by atoms with Gasteiger partial charge in [-0.2, -0.15) is 0 Å². The number of carbonyl (C=O) groups is 1. The van der Waals surface area contributed by atoms with Crippen LogP contribution in [0.4, 0.5) is 4.79 Å². The lowest BCUT2D eigenvalue weighted by molar-refractivity contribution is -0.102. The Kier molecular flexibility index (Phi) is 15.3. The Labute approximate surface area is 174 Å². The van der Waals surface area contributed by atoms with E-state index < -0.39 is 36.0 Å². The number of hydrogen-bond donors (Lipinski definition) is 3. The molecular weight excluding hydrogens is 384 g/mol. The highest BCUT2D eigenvalue weighted by molar-refractivity contribution is 5.59. The van der Waals surface area contributed by atoms with E-state index in [4.69, 9.17) is 18.9 Å². The number of hydrogen-bond acceptors (Lipinski definition) is 9. The van der Waals surface area contributed by atoms with Crippen molar-refractivity contribution in [1.82, 2.24) is 0 Å². The van der Waals surface area contributed by atoms with E-state index in [0.717, 1.165) is 6.42 Å². The minimum Gasteiger partial charge on any atom is -0.438 e. The molecule has 0 aliphatic rings. The van der Waals surface area contributed by atoms with E-state index in [0.29, 0.717) is 12.8 Å². The van der Waals surface area contributed by atoms with Crippen LogP contribution in [-0.4, -0.2) is 92.6 Å². The molecule has 0 aromatic rings. The molecule has 0 saturated heterocycles. The second kappa shape index (κ2) is 15.8. The highest BCUT2D eigenvalue weighted by atomic mass is 16.7. The minimum absolute atomic E-state index is 0.167. The first kappa shape index (κ1) is 28.0. The van der Waals surface area contributed by atoms with E-state index >= 15 is 0 Å². The number of rotatable bonds is 17. The third-order valence-electron chi connectivity index (χ3n) is 4.09. The van der Waals surface area contributed by atoms with Crippen molar-refractivity contribution >= 4 is 6.16 Å². The number of methoxy groups -OCH3 is 1. The highest BCUT2D eigenvalue weighted by Gasteiger charge is 2.32. The molecule has 0 heterocycles. The van der Waals surface area contributed by atoms with Gasteiger partial charge in [0, 0.05) is 5.41 Å². The molecule has 0 fully saturated rings. The van der Waals surface area contributed by atoms with Gasteiger partial charge in [-0.1, -0.05) is 6.42 Å². The van der Waals surface area contributed by atoms with Crippen LogP contribution >= 0.6 is 0 Å². The molecule has 4 unspecified atom stereocenters. The van der Waals surface area contributed by atoms with Crippen molar-refractivity contribution in [3.05, 3.63) is 0 Å². The predicted octanol–water partition coefficient (Wildman–Crippen LogP) is 1.51. The van der Waals surface area contributed by atoms with Crippen molar-refractivity contribution in [3.8, 4) is 0 Å². The fraction of sp³-hybridized carbons (Fsp3) is 0.950. The van der Waals surface area contributed by atoms with Crippen LogP contribution in [0.3, 0.4) is 0 Å². The maximum atomic E-state index is 11.2. The molecule has 9 nitrogen and oxygen atoms in total. The lowest BCUT2D eigenvalue weighted by Crippen LogP contribution is -2.40. The van der Waals surface area contributed by atoms with Gasteiger partial charge in [0.1, 0.15) is 6.10 Å². The van der Waals surface area contributed by atoms with Crippen molar-refractivity contribution in [2.75, 3.05) is 46.8 Å².